The van der Waals surface area contributed by atoms with Gasteiger partial charge in [0, 0.05) is 23.0 Å². The van der Waals surface area contributed by atoms with Crippen molar-refractivity contribution in [2.45, 2.75) is 26.7 Å². The molecule has 5 heteroatoms. The zero-order valence-electron chi connectivity index (χ0n) is 11.7. The highest BCUT2D eigenvalue weighted by molar-refractivity contribution is 9.10. The molecule has 1 rings (SSSR count). The Labute approximate surface area is 127 Å². The van der Waals surface area contributed by atoms with E-state index < -0.39 is 5.97 Å². The number of amides is 1. The molecule has 0 spiro atoms. The fourth-order valence-electron chi connectivity index (χ4n) is 2.12. The van der Waals surface area contributed by atoms with Crippen LogP contribution >= 0.6 is 15.9 Å². The summed E-state index contributed by atoms with van der Waals surface area (Å²) in [5.74, 6) is -0.636. The van der Waals surface area contributed by atoms with Gasteiger partial charge in [-0.05, 0) is 36.5 Å². The monoisotopic (exact) mass is 341 g/mol. The maximum absolute atomic E-state index is 12.0. The Bertz CT molecular complexity index is 474. The Morgan fingerprint density at radius 3 is 2.60 bits per heavy atom. The molecule has 2 N–H and O–H groups in total. The minimum Gasteiger partial charge on any atom is -0.481 e. The number of hydrogen-bond donors (Lipinski definition) is 2. The van der Waals surface area contributed by atoms with E-state index in [1.165, 1.54) is 0 Å². The predicted octanol–water partition coefficient (Wildman–Crippen LogP) is 3.32. The summed E-state index contributed by atoms with van der Waals surface area (Å²) in [6, 6.07) is 7.11. The van der Waals surface area contributed by atoms with Gasteiger partial charge in [0.05, 0.1) is 0 Å². The van der Waals surface area contributed by atoms with Crippen molar-refractivity contribution in [3.8, 4) is 0 Å². The zero-order chi connectivity index (χ0) is 15.1. The molecule has 110 valence electrons. The average molecular weight is 342 g/mol. The SMILES string of the molecule is CC(C)C[C@H](CNC(=O)c1cccc(Br)c1)CC(=O)O. The lowest BCUT2D eigenvalue weighted by Crippen LogP contribution is -2.31. The van der Waals surface area contributed by atoms with Gasteiger partial charge in [-0.3, -0.25) is 9.59 Å². The molecule has 1 atom stereocenters. The molecule has 0 aromatic heterocycles. The number of carbonyl (C=O) groups excluding carboxylic acids is 1. The van der Waals surface area contributed by atoms with E-state index in [9.17, 15) is 9.59 Å². The molecule has 0 bridgehead atoms. The first-order chi connectivity index (χ1) is 9.38. The van der Waals surface area contributed by atoms with E-state index in [4.69, 9.17) is 5.11 Å². The van der Waals surface area contributed by atoms with Crippen molar-refractivity contribution in [1.29, 1.82) is 0 Å². The summed E-state index contributed by atoms with van der Waals surface area (Å²) in [7, 11) is 0. The van der Waals surface area contributed by atoms with Gasteiger partial charge in [-0.25, -0.2) is 0 Å². The highest BCUT2D eigenvalue weighted by Crippen LogP contribution is 2.15. The number of carboxylic acids is 1. The molecule has 0 aliphatic heterocycles. The van der Waals surface area contributed by atoms with Gasteiger partial charge >= 0.3 is 5.97 Å². The molecule has 0 saturated heterocycles. The Morgan fingerprint density at radius 2 is 2.05 bits per heavy atom. The van der Waals surface area contributed by atoms with E-state index in [0.717, 1.165) is 10.9 Å². The van der Waals surface area contributed by atoms with Gasteiger partial charge in [-0.15, -0.1) is 0 Å². The van der Waals surface area contributed by atoms with Crippen LogP contribution in [0.3, 0.4) is 0 Å². The van der Waals surface area contributed by atoms with Gasteiger partial charge in [0.2, 0.25) is 0 Å². The van der Waals surface area contributed by atoms with Crippen molar-refractivity contribution >= 4 is 27.8 Å². The lowest BCUT2D eigenvalue weighted by Gasteiger charge is -2.17. The molecule has 0 aliphatic carbocycles. The molecule has 0 heterocycles. The maximum Gasteiger partial charge on any atom is 0.303 e. The second-order valence-corrected chi connectivity index (χ2v) is 6.23. The van der Waals surface area contributed by atoms with Gasteiger partial charge in [0.1, 0.15) is 0 Å². The highest BCUT2D eigenvalue weighted by atomic mass is 79.9. The molecule has 0 unspecified atom stereocenters. The second-order valence-electron chi connectivity index (χ2n) is 5.31. The minimum absolute atomic E-state index is 0.0383. The zero-order valence-corrected chi connectivity index (χ0v) is 13.3. The van der Waals surface area contributed by atoms with E-state index in [1.54, 1.807) is 18.2 Å². The van der Waals surface area contributed by atoms with Crippen LogP contribution in [0.15, 0.2) is 28.7 Å². The second kappa shape index (κ2) is 8.04. The number of benzene rings is 1. The Hall–Kier alpha value is -1.36. The molecule has 0 fully saturated rings. The van der Waals surface area contributed by atoms with E-state index in [-0.39, 0.29) is 18.2 Å². The molecular weight excluding hydrogens is 322 g/mol. The third kappa shape index (κ3) is 6.19. The van der Waals surface area contributed by atoms with E-state index in [1.807, 2.05) is 19.9 Å². The van der Waals surface area contributed by atoms with Crippen molar-refractivity contribution in [2.24, 2.45) is 11.8 Å². The van der Waals surface area contributed by atoms with E-state index >= 15 is 0 Å². The molecule has 1 aromatic carbocycles. The minimum atomic E-state index is -0.827. The molecule has 1 amide bonds. The van der Waals surface area contributed by atoms with Crippen LogP contribution in [0.25, 0.3) is 0 Å². The molecule has 0 saturated carbocycles. The summed E-state index contributed by atoms with van der Waals surface area (Å²) >= 11 is 3.32. The van der Waals surface area contributed by atoms with Crippen LogP contribution in [-0.4, -0.2) is 23.5 Å². The number of rotatable bonds is 7. The fourth-order valence-corrected chi connectivity index (χ4v) is 2.52. The largest absolute Gasteiger partial charge is 0.481 e. The third-order valence-corrected chi connectivity index (χ3v) is 3.40. The smallest absolute Gasteiger partial charge is 0.303 e. The topological polar surface area (TPSA) is 66.4 Å². The number of hydrogen-bond acceptors (Lipinski definition) is 2. The lowest BCUT2D eigenvalue weighted by atomic mass is 9.94. The lowest BCUT2D eigenvalue weighted by molar-refractivity contribution is -0.138. The molecular formula is C15H20BrNO3. The Morgan fingerprint density at radius 1 is 1.35 bits per heavy atom. The quantitative estimate of drug-likeness (QED) is 0.799. The van der Waals surface area contributed by atoms with Crippen LogP contribution in [0.5, 0.6) is 0 Å². The first-order valence-corrected chi connectivity index (χ1v) is 7.43. The van der Waals surface area contributed by atoms with Crippen molar-refractivity contribution in [2.75, 3.05) is 6.54 Å². The summed E-state index contributed by atoms with van der Waals surface area (Å²) < 4.78 is 0.842. The van der Waals surface area contributed by atoms with Crippen molar-refractivity contribution in [1.82, 2.24) is 5.32 Å². The van der Waals surface area contributed by atoms with Gasteiger partial charge in [-0.2, -0.15) is 0 Å². The standard InChI is InChI=1S/C15H20BrNO3/c1-10(2)6-11(7-14(18)19)9-17-15(20)12-4-3-5-13(16)8-12/h3-5,8,10-11H,6-7,9H2,1-2H3,(H,17,20)(H,18,19)/t11-/m0/s1. The number of carbonyl (C=O) groups is 2. The van der Waals surface area contributed by atoms with Crippen LogP contribution in [0.2, 0.25) is 0 Å². The van der Waals surface area contributed by atoms with Crippen molar-refractivity contribution in [3.63, 3.8) is 0 Å². The van der Waals surface area contributed by atoms with Gasteiger partial charge in [-0.1, -0.05) is 35.8 Å². The molecule has 20 heavy (non-hydrogen) atoms. The number of aliphatic carboxylic acids is 1. The van der Waals surface area contributed by atoms with Gasteiger partial charge in [0.25, 0.3) is 5.91 Å². The third-order valence-electron chi connectivity index (χ3n) is 2.91. The van der Waals surface area contributed by atoms with Crippen molar-refractivity contribution in [3.05, 3.63) is 34.3 Å². The Balaban J connectivity index is 2.57. The van der Waals surface area contributed by atoms with Crippen LogP contribution < -0.4 is 5.32 Å². The van der Waals surface area contributed by atoms with E-state index in [0.29, 0.717) is 18.0 Å². The molecule has 0 aliphatic rings. The molecule has 0 radical (unpaired) electrons. The van der Waals surface area contributed by atoms with Crippen LogP contribution in [0, 0.1) is 11.8 Å². The summed E-state index contributed by atoms with van der Waals surface area (Å²) in [4.78, 5) is 22.8. The first-order valence-electron chi connectivity index (χ1n) is 6.64. The first kappa shape index (κ1) is 16.7. The summed E-state index contributed by atoms with van der Waals surface area (Å²) in [6.45, 7) is 4.48. The number of carboxylic acid groups (broad SMARTS) is 1. The highest BCUT2D eigenvalue weighted by Gasteiger charge is 2.16. The number of nitrogens with one attached hydrogen (secondary N) is 1. The van der Waals surface area contributed by atoms with Gasteiger partial charge in [0.15, 0.2) is 0 Å². The predicted molar refractivity (Wildman–Crippen MR) is 81.7 cm³/mol. The average Bonchev–Trinajstić information content (AvgIpc) is 2.34. The molecule has 4 nitrogen and oxygen atoms in total. The van der Waals surface area contributed by atoms with Crippen LogP contribution in [-0.2, 0) is 4.79 Å². The van der Waals surface area contributed by atoms with Crippen molar-refractivity contribution < 1.29 is 14.7 Å². The van der Waals surface area contributed by atoms with Crippen LogP contribution in [0.1, 0.15) is 37.0 Å². The summed E-state index contributed by atoms with van der Waals surface area (Å²) in [6.07, 6.45) is 0.863. The fraction of sp³-hybridized carbons (Fsp3) is 0.467. The number of halogens is 1. The Kier molecular flexibility index (Phi) is 6.71. The summed E-state index contributed by atoms with van der Waals surface area (Å²) in [5.41, 5.74) is 0.568. The maximum atomic E-state index is 12.0. The normalized spacial score (nSPS) is 12.2. The summed E-state index contributed by atoms with van der Waals surface area (Å²) in [5, 5.41) is 11.7. The molecule has 1 aromatic rings. The van der Waals surface area contributed by atoms with Gasteiger partial charge < -0.3 is 10.4 Å². The van der Waals surface area contributed by atoms with Crippen LogP contribution in [0.4, 0.5) is 0 Å². The van der Waals surface area contributed by atoms with E-state index in [2.05, 4.69) is 21.2 Å².